The second-order valence-corrected chi connectivity index (χ2v) is 2.93. The molecular weight excluding hydrogens is 152 g/mol. The number of nitrogens with zero attached hydrogens (tertiary/aromatic N) is 3. The Balaban J connectivity index is 2.32. The summed E-state index contributed by atoms with van der Waals surface area (Å²) in [5, 5.41) is 15.3. The average Bonchev–Trinajstić information content (AvgIpc) is 2.06. The van der Waals surface area contributed by atoms with E-state index in [4.69, 9.17) is 10.5 Å². The largest absolute Gasteiger partial charge is 0.286 e. The van der Waals surface area contributed by atoms with Crippen molar-refractivity contribution in [3.63, 3.8) is 0 Å². The number of nitrogens with one attached hydrogen (secondary N) is 1. The molecule has 1 aliphatic heterocycles. The lowest BCUT2D eigenvalue weighted by molar-refractivity contribution is -0.0971. The SMILES string of the molecule is N#CCN1CCCN(CC#[NH+])C1. The third-order valence-electron chi connectivity index (χ3n) is 1.95. The highest BCUT2D eigenvalue weighted by molar-refractivity contribution is 4.82. The summed E-state index contributed by atoms with van der Waals surface area (Å²) in [5.41, 5.74) is 0. The molecule has 0 atom stereocenters. The van der Waals surface area contributed by atoms with Crippen molar-refractivity contribution in [2.45, 2.75) is 6.42 Å². The predicted octanol–water partition coefficient (Wildman–Crippen LogP) is -1.75. The van der Waals surface area contributed by atoms with Crippen LogP contribution in [0.15, 0.2) is 0 Å². The van der Waals surface area contributed by atoms with Gasteiger partial charge in [-0.05, 0) is 6.42 Å². The highest BCUT2D eigenvalue weighted by Crippen LogP contribution is 2.03. The van der Waals surface area contributed by atoms with Gasteiger partial charge in [0.1, 0.15) is 6.54 Å². The van der Waals surface area contributed by atoms with E-state index in [0.29, 0.717) is 13.1 Å². The predicted molar refractivity (Wildman–Crippen MR) is 43.1 cm³/mol. The summed E-state index contributed by atoms with van der Waals surface area (Å²) in [6.07, 6.45) is 1.09. The van der Waals surface area contributed by atoms with Gasteiger partial charge in [0, 0.05) is 13.1 Å². The molecule has 4 heteroatoms. The van der Waals surface area contributed by atoms with Crippen LogP contribution in [0.2, 0.25) is 0 Å². The fraction of sp³-hybridized carbons (Fsp3) is 0.750. The Bertz CT molecular complexity index is 190. The summed E-state index contributed by atoms with van der Waals surface area (Å²) in [6, 6.07) is 4.50. The fourth-order valence-corrected chi connectivity index (χ4v) is 1.41. The van der Waals surface area contributed by atoms with E-state index >= 15 is 0 Å². The minimum atomic E-state index is 0.495. The molecule has 4 nitrogen and oxygen atoms in total. The van der Waals surface area contributed by atoms with E-state index in [1.54, 1.807) is 0 Å². The van der Waals surface area contributed by atoms with Crippen LogP contribution in [0.25, 0.3) is 0 Å². The maximum atomic E-state index is 8.47. The van der Waals surface area contributed by atoms with E-state index in [1.807, 2.05) is 0 Å². The zero-order valence-electron chi connectivity index (χ0n) is 7.08. The Morgan fingerprint density at radius 1 is 1.25 bits per heavy atom. The lowest BCUT2D eigenvalue weighted by atomic mass is 10.3. The van der Waals surface area contributed by atoms with Crippen molar-refractivity contribution in [1.82, 2.24) is 9.80 Å². The highest BCUT2D eigenvalue weighted by atomic mass is 15.3. The van der Waals surface area contributed by atoms with E-state index in [-0.39, 0.29) is 0 Å². The van der Waals surface area contributed by atoms with Crippen LogP contribution in [0.3, 0.4) is 0 Å². The molecule has 0 unspecified atom stereocenters. The number of hydrogen-bond acceptors (Lipinski definition) is 3. The molecule has 1 saturated heterocycles. The van der Waals surface area contributed by atoms with Crippen molar-refractivity contribution in [1.29, 1.82) is 5.26 Å². The first-order valence-electron chi connectivity index (χ1n) is 4.08. The summed E-state index contributed by atoms with van der Waals surface area (Å²) in [7, 11) is 0. The molecule has 0 aromatic rings. The maximum absolute atomic E-state index is 8.47. The third kappa shape index (κ3) is 2.50. The molecule has 0 spiro atoms. The summed E-state index contributed by atoms with van der Waals surface area (Å²) >= 11 is 0. The molecule has 64 valence electrons. The molecular formula is C8H13N4+. The van der Waals surface area contributed by atoms with Crippen LogP contribution < -0.4 is 5.26 Å². The number of rotatable bonds is 2. The van der Waals surface area contributed by atoms with Crippen molar-refractivity contribution < 1.29 is 5.26 Å². The second kappa shape index (κ2) is 4.71. The first-order valence-corrected chi connectivity index (χ1v) is 4.08. The molecule has 1 heterocycles. The van der Waals surface area contributed by atoms with E-state index in [0.717, 1.165) is 26.2 Å². The molecule has 0 aliphatic carbocycles. The van der Waals surface area contributed by atoms with Gasteiger partial charge in [0.2, 0.25) is 0 Å². The van der Waals surface area contributed by atoms with Crippen LogP contribution in [0, 0.1) is 17.4 Å². The first kappa shape index (κ1) is 8.99. The summed E-state index contributed by atoms with van der Waals surface area (Å²) in [5.74, 6) is 0. The normalized spacial score (nSPS) is 19.8. The van der Waals surface area contributed by atoms with Crippen molar-refractivity contribution in [3.05, 3.63) is 0 Å². The van der Waals surface area contributed by atoms with Gasteiger partial charge in [-0.1, -0.05) is 0 Å². The van der Waals surface area contributed by atoms with Crippen LogP contribution in [0.4, 0.5) is 0 Å². The molecule has 0 aromatic heterocycles. The molecule has 1 N–H and O–H groups in total. The van der Waals surface area contributed by atoms with Crippen LogP contribution >= 0.6 is 0 Å². The molecule has 1 rings (SSSR count). The van der Waals surface area contributed by atoms with Crippen molar-refractivity contribution in [2.24, 2.45) is 0 Å². The first-order chi connectivity index (χ1) is 5.86. The van der Waals surface area contributed by atoms with Crippen LogP contribution in [0.1, 0.15) is 6.42 Å². The molecule has 12 heavy (non-hydrogen) atoms. The summed E-state index contributed by atoms with van der Waals surface area (Å²) in [4.78, 5) is 4.20. The molecule has 0 aromatic carbocycles. The monoisotopic (exact) mass is 165 g/mol. The number of hydrogen-bond donors (Lipinski definition) is 1. The standard InChI is InChI=1S/C8H12N4/c9-2-6-11-4-1-5-12(8-11)7-3-10/h1,4-8H2/p+1. The molecule has 0 amide bonds. The topological polar surface area (TPSA) is 54.1 Å². The van der Waals surface area contributed by atoms with Gasteiger partial charge in [0.05, 0.1) is 19.3 Å². The highest BCUT2D eigenvalue weighted by Gasteiger charge is 2.16. The lowest BCUT2D eigenvalue weighted by Gasteiger charge is -2.31. The van der Waals surface area contributed by atoms with Crippen molar-refractivity contribution >= 4 is 0 Å². The smallest absolute Gasteiger partial charge is 0.277 e. The maximum Gasteiger partial charge on any atom is 0.286 e. The Kier molecular flexibility index (Phi) is 3.53. The van der Waals surface area contributed by atoms with Gasteiger partial charge in [-0.25, -0.2) is 0 Å². The van der Waals surface area contributed by atoms with Gasteiger partial charge in [0.25, 0.3) is 6.07 Å². The minimum absolute atomic E-state index is 0.495. The molecule has 1 aliphatic rings. The quantitative estimate of drug-likeness (QED) is 0.494. The second-order valence-electron chi connectivity index (χ2n) is 2.93. The van der Waals surface area contributed by atoms with Gasteiger partial charge >= 0.3 is 0 Å². The fourth-order valence-electron chi connectivity index (χ4n) is 1.41. The number of nitriles is 1. The van der Waals surface area contributed by atoms with E-state index < -0.39 is 0 Å². The van der Waals surface area contributed by atoms with E-state index in [1.165, 1.54) is 0 Å². The van der Waals surface area contributed by atoms with Gasteiger partial charge in [-0.2, -0.15) is 5.26 Å². The van der Waals surface area contributed by atoms with E-state index in [2.05, 4.69) is 21.9 Å². The van der Waals surface area contributed by atoms with Gasteiger partial charge in [-0.3, -0.25) is 9.80 Å². The Labute approximate surface area is 72.6 Å². The van der Waals surface area contributed by atoms with Crippen molar-refractivity contribution in [3.8, 4) is 12.1 Å². The van der Waals surface area contributed by atoms with Crippen LogP contribution in [-0.4, -0.2) is 42.6 Å². The Morgan fingerprint density at radius 2 is 1.92 bits per heavy atom. The van der Waals surface area contributed by atoms with Crippen molar-refractivity contribution in [2.75, 3.05) is 32.8 Å². The molecule has 1 fully saturated rings. The van der Waals surface area contributed by atoms with E-state index in [9.17, 15) is 0 Å². The van der Waals surface area contributed by atoms with Crippen LogP contribution in [0.5, 0.6) is 0 Å². The Morgan fingerprint density at radius 3 is 2.50 bits per heavy atom. The molecule has 0 bridgehead atoms. The molecule has 0 radical (unpaired) electrons. The zero-order chi connectivity index (χ0) is 8.81. The van der Waals surface area contributed by atoms with Gasteiger partial charge < -0.3 is 0 Å². The Hall–Kier alpha value is -1.10. The van der Waals surface area contributed by atoms with Gasteiger partial charge in [0.15, 0.2) is 0 Å². The lowest BCUT2D eigenvalue weighted by Crippen LogP contribution is -2.45. The van der Waals surface area contributed by atoms with Gasteiger partial charge in [-0.15, -0.1) is 5.26 Å². The molecule has 0 saturated carbocycles. The third-order valence-corrected chi connectivity index (χ3v) is 1.95. The average molecular weight is 165 g/mol. The van der Waals surface area contributed by atoms with Crippen LogP contribution in [-0.2, 0) is 0 Å². The zero-order valence-corrected chi connectivity index (χ0v) is 7.08. The summed E-state index contributed by atoms with van der Waals surface area (Å²) in [6.45, 7) is 3.91. The minimum Gasteiger partial charge on any atom is -0.277 e. The summed E-state index contributed by atoms with van der Waals surface area (Å²) < 4.78 is 0.